The Morgan fingerprint density at radius 2 is 2.17 bits per heavy atom. The van der Waals surface area contributed by atoms with Crippen LogP contribution in [0.2, 0.25) is 0 Å². The third-order valence-electron chi connectivity index (χ3n) is 2.82. The molecule has 94 valence electrons. The number of benzene rings is 1. The molecule has 1 N–H and O–H groups in total. The van der Waals surface area contributed by atoms with E-state index in [1.165, 1.54) is 16.8 Å². The number of hydrogen-bond acceptors (Lipinski definition) is 4. The van der Waals surface area contributed by atoms with Crippen LogP contribution in [0.15, 0.2) is 18.2 Å². The molecule has 18 heavy (non-hydrogen) atoms. The van der Waals surface area contributed by atoms with Gasteiger partial charge in [0, 0.05) is 6.04 Å². The quantitative estimate of drug-likeness (QED) is 0.887. The maximum absolute atomic E-state index is 13.6. The monoisotopic (exact) mass is 251 g/mol. The van der Waals surface area contributed by atoms with Crippen LogP contribution < -0.4 is 5.32 Å². The van der Waals surface area contributed by atoms with Gasteiger partial charge in [0.15, 0.2) is 17.5 Å². The molecule has 1 aromatic carbocycles. The zero-order valence-electron chi connectivity index (χ0n) is 9.48. The van der Waals surface area contributed by atoms with E-state index in [2.05, 4.69) is 20.8 Å². The number of tetrazole rings is 1. The molecule has 2 aromatic rings. The van der Waals surface area contributed by atoms with Gasteiger partial charge in [-0.05, 0) is 35.4 Å². The van der Waals surface area contributed by atoms with Crippen molar-refractivity contribution in [3.05, 3.63) is 35.7 Å². The van der Waals surface area contributed by atoms with Crippen LogP contribution >= 0.6 is 0 Å². The molecule has 7 heteroatoms. The van der Waals surface area contributed by atoms with E-state index < -0.39 is 11.6 Å². The Hall–Kier alpha value is -1.89. The minimum absolute atomic E-state index is 0.0209. The van der Waals surface area contributed by atoms with E-state index in [-0.39, 0.29) is 5.69 Å². The summed E-state index contributed by atoms with van der Waals surface area (Å²) in [7, 11) is 0. The fraction of sp³-hybridized carbons (Fsp3) is 0.364. The molecule has 0 amide bonds. The van der Waals surface area contributed by atoms with Crippen LogP contribution in [0.25, 0.3) is 5.69 Å². The lowest BCUT2D eigenvalue weighted by atomic mass is 10.3. The van der Waals surface area contributed by atoms with Gasteiger partial charge in [-0.25, -0.2) is 8.78 Å². The highest BCUT2D eigenvalue weighted by atomic mass is 19.2. The van der Waals surface area contributed by atoms with E-state index in [1.54, 1.807) is 0 Å². The number of aromatic nitrogens is 4. The highest BCUT2D eigenvalue weighted by molar-refractivity contribution is 5.33. The zero-order chi connectivity index (χ0) is 12.5. The highest BCUT2D eigenvalue weighted by Crippen LogP contribution is 2.20. The number of halogens is 2. The van der Waals surface area contributed by atoms with Crippen LogP contribution in [0, 0.1) is 11.6 Å². The SMILES string of the molecule is Fc1cccc(-n2nnnc2CNC2CC2)c1F. The van der Waals surface area contributed by atoms with Crippen molar-refractivity contribution in [2.75, 3.05) is 0 Å². The summed E-state index contributed by atoms with van der Waals surface area (Å²) in [5.41, 5.74) is 0.0209. The predicted molar refractivity (Wildman–Crippen MR) is 58.9 cm³/mol. The van der Waals surface area contributed by atoms with Gasteiger partial charge in [0.1, 0.15) is 5.69 Å². The minimum Gasteiger partial charge on any atom is -0.307 e. The molecule has 0 spiro atoms. The van der Waals surface area contributed by atoms with Crippen molar-refractivity contribution in [1.82, 2.24) is 25.5 Å². The molecule has 1 fully saturated rings. The van der Waals surface area contributed by atoms with Crippen LogP contribution in [-0.2, 0) is 6.54 Å². The molecule has 1 aliphatic carbocycles. The van der Waals surface area contributed by atoms with Gasteiger partial charge in [0.25, 0.3) is 0 Å². The summed E-state index contributed by atoms with van der Waals surface area (Å²) in [6.07, 6.45) is 2.27. The third kappa shape index (κ3) is 2.08. The first-order valence-corrected chi connectivity index (χ1v) is 5.71. The average Bonchev–Trinajstić information content (AvgIpc) is 3.08. The summed E-state index contributed by atoms with van der Waals surface area (Å²) >= 11 is 0. The van der Waals surface area contributed by atoms with Crippen molar-refractivity contribution in [3.8, 4) is 5.69 Å². The standard InChI is InChI=1S/C11H11F2N5/c12-8-2-1-3-9(11(8)13)18-10(15-16-17-18)6-14-7-4-5-7/h1-3,7,14H,4-6H2. The fourth-order valence-electron chi connectivity index (χ4n) is 1.68. The Kier molecular flexibility index (Phi) is 2.75. The first-order chi connectivity index (χ1) is 8.75. The summed E-state index contributed by atoms with van der Waals surface area (Å²) in [6.45, 7) is 0.438. The van der Waals surface area contributed by atoms with Gasteiger partial charge < -0.3 is 5.32 Å². The van der Waals surface area contributed by atoms with E-state index in [1.807, 2.05) is 0 Å². The van der Waals surface area contributed by atoms with Crippen molar-refractivity contribution >= 4 is 0 Å². The Bertz CT molecular complexity index is 564. The Balaban J connectivity index is 1.90. The molecule has 0 atom stereocenters. The number of hydrogen-bond donors (Lipinski definition) is 1. The highest BCUT2D eigenvalue weighted by Gasteiger charge is 2.22. The first kappa shape index (κ1) is 11.2. The fourth-order valence-corrected chi connectivity index (χ4v) is 1.68. The molecule has 0 saturated heterocycles. The first-order valence-electron chi connectivity index (χ1n) is 5.71. The molecule has 1 aromatic heterocycles. The van der Waals surface area contributed by atoms with Crippen molar-refractivity contribution < 1.29 is 8.78 Å². The summed E-state index contributed by atoms with van der Waals surface area (Å²) in [4.78, 5) is 0. The number of nitrogens with one attached hydrogen (secondary N) is 1. The summed E-state index contributed by atoms with van der Waals surface area (Å²) in [5, 5.41) is 14.2. The lowest BCUT2D eigenvalue weighted by Gasteiger charge is -2.06. The molecule has 1 saturated carbocycles. The van der Waals surface area contributed by atoms with E-state index in [4.69, 9.17) is 0 Å². The maximum Gasteiger partial charge on any atom is 0.184 e. The number of rotatable bonds is 4. The van der Waals surface area contributed by atoms with Crippen LogP contribution in [0.3, 0.4) is 0 Å². The minimum atomic E-state index is -0.947. The lowest BCUT2D eigenvalue weighted by Crippen LogP contribution is -2.19. The van der Waals surface area contributed by atoms with Crippen LogP contribution in [-0.4, -0.2) is 26.2 Å². The van der Waals surface area contributed by atoms with Gasteiger partial charge in [0.2, 0.25) is 0 Å². The van der Waals surface area contributed by atoms with Gasteiger partial charge in [-0.2, -0.15) is 4.68 Å². The lowest BCUT2D eigenvalue weighted by molar-refractivity contribution is 0.498. The molecular weight excluding hydrogens is 240 g/mol. The summed E-state index contributed by atoms with van der Waals surface area (Å²) in [6, 6.07) is 4.42. The second-order valence-corrected chi connectivity index (χ2v) is 4.24. The van der Waals surface area contributed by atoms with E-state index >= 15 is 0 Å². The van der Waals surface area contributed by atoms with Gasteiger partial charge in [-0.15, -0.1) is 5.10 Å². The van der Waals surface area contributed by atoms with E-state index in [0.717, 1.165) is 18.9 Å². The average molecular weight is 251 g/mol. The molecule has 5 nitrogen and oxygen atoms in total. The topological polar surface area (TPSA) is 55.6 Å². The zero-order valence-corrected chi connectivity index (χ0v) is 9.48. The molecular formula is C11H11F2N5. The molecule has 0 unspecified atom stereocenters. The second-order valence-electron chi connectivity index (χ2n) is 4.24. The molecule has 1 aliphatic rings. The Morgan fingerprint density at radius 1 is 1.33 bits per heavy atom. The van der Waals surface area contributed by atoms with E-state index in [0.29, 0.717) is 18.4 Å². The van der Waals surface area contributed by atoms with Gasteiger partial charge in [-0.1, -0.05) is 6.07 Å². The molecule has 3 rings (SSSR count). The largest absolute Gasteiger partial charge is 0.307 e. The number of nitrogens with zero attached hydrogens (tertiary/aromatic N) is 4. The molecule has 0 radical (unpaired) electrons. The van der Waals surface area contributed by atoms with Crippen LogP contribution in [0.5, 0.6) is 0 Å². The normalized spacial score (nSPS) is 15.0. The predicted octanol–water partition coefficient (Wildman–Crippen LogP) is 1.19. The van der Waals surface area contributed by atoms with Gasteiger partial charge >= 0.3 is 0 Å². The van der Waals surface area contributed by atoms with Gasteiger partial charge in [0.05, 0.1) is 6.54 Å². The van der Waals surface area contributed by atoms with Crippen molar-refractivity contribution in [2.24, 2.45) is 0 Å². The van der Waals surface area contributed by atoms with Crippen LogP contribution in [0.1, 0.15) is 18.7 Å². The van der Waals surface area contributed by atoms with Crippen molar-refractivity contribution in [1.29, 1.82) is 0 Å². The third-order valence-corrected chi connectivity index (χ3v) is 2.82. The van der Waals surface area contributed by atoms with E-state index in [9.17, 15) is 8.78 Å². The molecule has 0 bridgehead atoms. The summed E-state index contributed by atoms with van der Waals surface area (Å²) < 4.78 is 28.0. The van der Waals surface area contributed by atoms with Crippen molar-refractivity contribution in [2.45, 2.75) is 25.4 Å². The summed E-state index contributed by atoms with van der Waals surface area (Å²) in [5.74, 6) is -1.40. The van der Waals surface area contributed by atoms with Gasteiger partial charge in [-0.3, -0.25) is 0 Å². The smallest absolute Gasteiger partial charge is 0.184 e. The maximum atomic E-state index is 13.6. The Morgan fingerprint density at radius 3 is 2.94 bits per heavy atom. The van der Waals surface area contributed by atoms with Crippen molar-refractivity contribution in [3.63, 3.8) is 0 Å². The Labute approximate surface area is 102 Å². The van der Waals surface area contributed by atoms with Crippen LogP contribution in [0.4, 0.5) is 8.78 Å². The molecule has 0 aliphatic heterocycles. The second kappa shape index (κ2) is 4.41. The molecule has 1 heterocycles.